The first-order chi connectivity index (χ1) is 7.96. The van der Waals surface area contributed by atoms with Gasteiger partial charge in [-0.25, -0.2) is 8.42 Å². The molecular formula is C12H17NO3S. The number of anilines is 1. The molecule has 17 heavy (non-hydrogen) atoms. The van der Waals surface area contributed by atoms with E-state index in [-0.39, 0.29) is 11.5 Å². The summed E-state index contributed by atoms with van der Waals surface area (Å²) in [6.07, 6.45) is 1.42. The molecule has 0 radical (unpaired) electrons. The second kappa shape index (κ2) is 5.82. The average molecular weight is 255 g/mol. The monoisotopic (exact) mass is 255 g/mol. The zero-order valence-corrected chi connectivity index (χ0v) is 10.9. The lowest BCUT2D eigenvalue weighted by molar-refractivity contribution is 0.101. The summed E-state index contributed by atoms with van der Waals surface area (Å²) in [5, 5.41) is 0. The van der Waals surface area contributed by atoms with Crippen LogP contribution in [-0.4, -0.2) is 20.0 Å². The van der Waals surface area contributed by atoms with Crippen LogP contribution in [0.15, 0.2) is 24.3 Å². The fourth-order valence-electron chi connectivity index (χ4n) is 1.43. The number of benzene rings is 1. The molecule has 1 N–H and O–H groups in total. The van der Waals surface area contributed by atoms with Gasteiger partial charge in [-0.2, -0.15) is 0 Å². The minimum atomic E-state index is -3.36. The molecule has 0 fully saturated rings. The zero-order chi connectivity index (χ0) is 12.9. The van der Waals surface area contributed by atoms with E-state index in [1.165, 1.54) is 6.92 Å². The van der Waals surface area contributed by atoms with E-state index in [4.69, 9.17) is 0 Å². The molecular weight excluding hydrogens is 238 g/mol. The number of unbranched alkanes of at least 4 members (excludes halogenated alkanes) is 1. The van der Waals surface area contributed by atoms with Gasteiger partial charge < -0.3 is 0 Å². The second-order valence-electron chi connectivity index (χ2n) is 3.88. The summed E-state index contributed by atoms with van der Waals surface area (Å²) in [7, 11) is -3.36. The van der Waals surface area contributed by atoms with Crippen molar-refractivity contribution < 1.29 is 13.2 Å². The molecule has 0 saturated carbocycles. The average Bonchev–Trinajstić information content (AvgIpc) is 2.26. The molecule has 1 rings (SSSR count). The maximum Gasteiger partial charge on any atom is 0.232 e. The van der Waals surface area contributed by atoms with Crippen molar-refractivity contribution in [2.75, 3.05) is 10.5 Å². The lowest BCUT2D eigenvalue weighted by Crippen LogP contribution is -2.18. The molecule has 0 unspecified atom stereocenters. The molecule has 0 bridgehead atoms. The van der Waals surface area contributed by atoms with E-state index in [9.17, 15) is 13.2 Å². The van der Waals surface area contributed by atoms with E-state index >= 15 is 0 Å². The number of hydrogen-bond donors (Lipinski definition) is 1. The smallest absolute Gasteiger partial charge is 0.232 e. The summed E-state index contributed by atoms with van der Waals surface area (Å²) < 4.78 is 25.9. The highest BCUT2D eigenvalue weighted by molar-refractivity contribution is 7.92. The zero-order valence-electron chi connectivity index (χ0n) is 10.1. The number of nitrogens with one attached hydrogen (secondary N) is 1. The minimum absolute atomic E-state index is 0.0791. The number of Topliss-reactive ketones (excluding diaryl/α,β-unsaturated/α-hetero) is 1. The number of sulfonamides is 1. The van der Waals surface area contributed by atoms with Crippen molar-refractivity contribution in [3.63, 3.8) is 0 Å². The first kappa shape index (κ1) is 13.7. The molecule has 0 aliphatic carbocycles. The molecule has 0 spiro atoms. The van der Waals surface area contributed by atoms with Crippen LogP contribution < -0.4 is 4.72 Å². The summed E-state index contributed by atoms with van der Waals surface area (Å²) in [6.45, 7) is 3.35. The topological polar surface area (TPSA) is 63.2 Å². The third kappa shape index (κ3) is 4.19. The van der Waals surface area contributed by atoms with E-state index in [0.29, 0.717) is 17.7 Å². The Morgan fingerprint density at radius 1 is 1.29 bits per heavy atom. The standard InChI is InChI=1S/C12H17NO3S/c1-3-4-9-17(15,16)13-12-8-6-5-7-11(12)10(2)14/h5-8,13H,3-4,9H2,1-2H3. The maximum absolute atomic E-state index is 11.7. The Balaban J connectivity index is 2.92. The van der Waals surface area contributed by atoms with E-state index in [1.807, 2.05) is 6.92 Å². The van der Waals surface area contributed by atoms with Crippen LogP contribution in [0, 0.1) is 0 Å². The molecule has 0 atom stereocenters. The molecule has 0 aliphatic heterocycles. The molecule has 4 nitrogen and oxygen atoms in total. The number of carbonyl (C=O) groups excluding carboxylic acids is 1. The molecule has 0 aromatic heterocycles. The van der Waals surface area contributed by atoms with Gasteiger partial charge in [0.05, 0.1) is 11.4 Å². The normalized spacial score (nSPS) is 11.2. The van der Waals surface area contributed by atoms with Crippen LogP contribution in [0.1, 0.15) is 37.0 Å². The quantitative estimate of drug-likeness (QED) is 0.794. The van der Waals surface area contributed by atoms with Gasteiger partial charge in [-0.3, -0.25) is 9.52 Å². The Hall–Kier alpha value is -1.36. The molecule has 94 valence electrons. The van der Waals surface area contributed by atoms with E-state index in [1.54, 1.807) is 24.3 Å². The first-order valence-corrected chi connectivity index (χ1v) is 7.22. The summed E-state index contributed by atoms with van der Waals surface area (Å²) in [6, 6.07) is 6.62. The molecule has 0 heterocycles. The fourth-order valence-corrected chi connectivity index (χ4v) is 2.72. The van der Waals surface area contributed by atoms with Gasteiger partial charge in [-0.05, 0) is 25.5 Å². The van der Waals surface area contributed by atoms with Gasteiger partial charge in [-0.15, -0.1) is 0 Å². The van der Waals surface area contributed by atoms with Crippen molar-refractivity contribution in [1.29, 1.82) is 0 Å². The molecule has 5 heteroatoms. The highest BCUT2D eigenvalue weighted by atomic mass is 32.2. The molecule has 1 aromatic carbocycles. The van der Waals surface area contributed by atoms with Crippen LogP contribution in [0.25, 0.3) is 0 Å². The van der Waals surface area contributed by atoms with Crippen molar-refractivity contribution in [3.8, 4) is 0 Å². The number of para-hydroxylation sites is 1. The van der Waals surface area contributed by atoms with Crippen molar-refractivity contribution >= 4 is 21.5 Å². The van der Waals surface area contributed by atoms with Crippen LogP contribution in [0.4, 0.5) is 5.69 Å². The number of rotatable bonds is 6. The number of ketones is 1. The number of carbonyl (C=O) groups is 1. The second-order valence-corrected chi connectivity index (χ2v) is 5.72. The fraction of sp³-hybridized carbons (Fsp3) is 0.417. The Labute approximate surface area is 102 Å². The predicted octanol–water partition coefficient (Wildman–Crippen LogP) is 2.43. The van der Waals surface area contributed by atoms with Gasteiger partial charge in [0.15, 0.2) is 5.78 Å². The third-order valence-corrected chi connectivity index (χ3v) is 3.70. The SMILES string of the molecule is CCCCS(=O)(=O)Nc1ccccc1C(C)=O. The summed E-state index contributed by atoms with van der Waals surface area (Å²) in [4.78, 5) is 11.3. The Kier molecular flexibility index (Phi) is 4.69. The predicted molar refractivity (Wildman–Crippen MR) is 68.8 cm³/mol. The van der Waals surface area contributed by atoms with Gasteiger partial charge in [0.2, 0.25) is 10.0 Å². The summed E-state index contributed by atoms with van der Waals surface area (Å²) in [5.41, 5.74) is 0.753. The van der Waals surface area contributed by atoms with Crippen LogP contribution >= 0.6 is 0 Å². The molecule has 0 saturated heterocycles. The van der Waals surface area contributed by atoms with Gasteiger partial charge >= 0.3 is 0 Å². The molecule has 0 aliphatic rings. The highest BCUT2D eigenvalue weighted by Crippen LogP contribution is 2.17. The van der Waals surface area contributed by atoms with Crippen molar-refractivity contribution in [3.05, 3.63) is 29.8 Å². The maximum atomic E-state index is 11.7. The lowest BCUT2D eigenvalue weighted by Gasteiger charge is -2.10. The highest BCUT2D eigenvalue weighted by Gasteiger charge is 2.13. The van der Waals surface area contributed by atoms with E-state index < -0.39 is 10.0 Å². The summed E-state index contributed by atoms with van der Waals surface area (Å²) >= 11 is 0. The molecule has 1 aromatic rings. The van der Waals surface area contributed by atoms with E-state index in [2.05, 4.69) is 4.72 Å². The van der Waals surface area contributed by atoms with Crippen molar-refractivity contribution in [2.45, 2.75) is 26.7 Å². The van der Waals surface area contributed by atoms with E-state index in [0.717, 1.165) is 6.42 Å². The molecule has 0 amide bonds. The van der Waals surface area contributed by atoms with Crippen LogP contribution in [0.5, 0.6) is 0 Å². The Morgan fingerprint density at radius 2 is 1.94 bits per heavy atom. The third-order valence-electron chi connectivity index (χ3n) is 2.34. The van der Waals surface area contributed by atoms with Crippen LogP contribution in [0.2, 0.25) is 0 Å². The Bertz CT molecular complexity index is 494. The van der Waals surface area contributed by atoms with Gasteiger partial charge in [-0.1, -0.05) is 25.5 Å². The van der Waals surface area contributed by atoms with Crippen LogP contribution in [-0.2, 0) is 10.0 Å². The Morgan fingerprint density at radius 3 is 2.53 bits per heavy atom. The van der Waals surface area contributed by atoms with Gasteiger partial charge in [0.25, 0.3) is 0 Å². The largest absolute Gasteiger partial charge is 0.294 e. The van der Waals surface area contributed by atoms with Crippen LogP contribution in [0.3, 0.4) is 0 Å². The number of hydrogen-bond acceptors (Lipinski definition) is 3. The van der Waals surface area contributed by atoms with Crippen molar-refractivity contribution in [1.82, 2.24) is 0 Å². The van der Waals surface area contributed by atoms with Gasteiger partial charge in [0.1, 0.15) is 0 Å². The van der Waals surface area contributed by atoms with Gasteiger partial charge in [0, 0.05) is 5.56 Å². The summed E-state index contributed by atoms with van der Waals surface area (Å²) in [5.74, 6) is -0.0748. The van der Waals surface area contributed by atoms with Crippen molar-refractivity contribution in [2.24, 2.45) is 0 Å². The first-order valence-electron chi connectivity index (χ1n) is 5.56. The lowest BCUT2D eigenvalue weighted by atomic mass is 10.1. The minimum Gasteiger partial charge on any atom is -0.294 e.